The standard InChI is InChI=1S/C7H8N2O4/c8-7(9(12)13)4-2-1-3-5(7)6(10)11/h1-5H,8H2,(H,10,11). The van der Waals surface area contributed by atoms with E-state index in [0.717, 1.165) is 6.08 Å². The molecule has 0 fully saturated rings. The maximum absolute atomic E-state index is 10.6. The zero-order valence-corrected chi connectivity index (χ0v) is 6.58. The van der Waals surface area contributed by atoms with E-state index in [1.165, 1.54) is 18.2 Å². The number of nitrogens with two attached hydrogens (primary N) is 1. The highest BCUT2D eigenvalue weighted by Crippen LogP contribution is 2.22. The highest BCUT2D eigenvalue weighted by molar-refractivity contribution is 5.74. The largest absolute Gasteiger partial charge is 0.481 e. The van der Waals surface area contributed by atoms with E-state index in [2.05, 4.69) is 0 Å². The van der Waals surface area contributed by atoms with Crippen molar-refractivity contribution in [1.82, 2.24) is 0 Å². The van der Waals surface area contributed by atoms with Gasteiger partial charge in [-0.3, -0.25) is 20.6 Å². The molecule has 13 heavy (non-hydrogen) atoms. The average molecular weight is 184 g/mol. The van der Waals surface area contributed by atoms with Gasteiger partial charge in [0.05, 0.1) is 0 Å². The average Bonchev–Trinajstić information content (AvgIpc) is 2.04. The number of carboxylic acid groups (broad SMARTS) is 1. The van der Waals surface area contributed by atoms with Gasteiger partial charge in [0.25, 0.3) is 0 Å². The van der Waals surface area contributed by atoms with Crippen LogP contribution < -0.4 is 5.73 Å². The van der Waals surface area contributed by atoms with E-state index in [4.69, 9.17) is 10.8 Å². The molecule has 70 valence electrons. The first kappa shape index (κ1) is 9.40. The van der Waals surface area contributed by atoms with Gasteiger partial charge < -0.3 is 5.11 Å². The molecule has 0 saturated carbocycles. The maximum Gasteiger partial charge on any atom is 0.319 e. The van der Waals surface area contributed by atoms with Crippen molar-refractivity contribution in [1.29, 1.82) is 0 Å². The second-order valence-corrected chi connectivity index (χ2v) is 2.70. The molecule has 3 N–H and O–H groups in total. The molecular formula is C7H8N2O4. The fourth-order valence-electron chi connectivity index (χ4n) is 1.10. The molecule has 0 aromatic heterocycles. The summed E-state index contributed by atoms with van der Waals surface area (Å²) in [6.07, 6.45) is 5.06. The third-order valence-corrected chi connectivity index (χ3v) is 1.86. The minimum absolute atomic E-state index is 0.800. The van der Waals surface area contributed by atoms with Crippen LogP contribution in [0.15, 0.2) is 24.3 Å². The highest BCUT2D eigenvalue weighted by atomic mass is 16.6. The Morgan fingerprint density at radius 2 is 2.23 bits per heavy atom. The topological polar surface area (TPSA) is 106 Å². The number of aliphatic carboxylic acids is 1. The number of carboxylic acids is 1. The normalized spacial score (nSPS) is 31.6. The molecule has 1 aliphatic carbocycles. The van der Waals surface area contributed by atoms with Gasteiger partial charge >= 0.3 is 11.6 Å². The van der Waals surface area contributed by atoms with Crippen LogP contribution in [0.4, 0.5) is 0 Å². The van der Waals surface area contributed by atoms with Crippen LogP contribution in [0.1, 0.15) is 0 Å². The molecular weight excluding hydrogens is 176 g/mol. The third kappa shape index (κ3) is 1.43. The lowest BCUT2D eigenvalue weighted by Gasteiger charge is -2.23. The van der Waals surface area contributed by atoms with E-state index < -0.39 is 22.5 Å². The van der Waals surface area contributed by atoms with Crippen LogP contribution in [-0.4, -0.2) is 21.7 Å². The Hall–Kier alpha value is -1.69. The monoisotopic (exact) mass is 184 g/mol. The second-order valence-electron chi connectivity index (χ2n) is 2.70. The smallest absolute Gasteiger partial charge is 0.319 e. The number of rotatable bonds is 2. The van der Waals surface area contributed by atoms with E-state index in [-0.39, 0.29) is 0 Å². The summed E-state index contributed by atoms with van der Waals surface area (Å²) < 4.78 is 0. The summed E-state index contributed by atoms with van der Waals surface area (Å²) in [5.74, 6) is -2.62. The molecule has 2 unspecified atom stereocenters. The summed E-state index contributed by atoms with van der Waals surface area (Å²) in [4.78, 5) is 20.3. The molecule has 0 aliphatic heterocycles. The molecule has 0 aromatic carbocycles. The first-order valence-electron chi connectivity index (χ1n) is 3.50. The quantitative estimate of drug-likeness (QED) is 0.349. The molecule has 1 rings (SSSR count). The zero-order valence-electron chi connectivity index (χ0n) is 6.58. The summed E-state index contributed by atoms with van der Waals surface area (Å²) >= 11 is 0. The van der Waals surface area contributed by atoms with Crippen molar-refractivity contribution in [2.75, 3.05) is 0 Å². The molecule has 0 amide bonds. The van der Waals surface area contributed by atoms with Crippen molar-refractivity contribution in [2.24, 2.45) is 11.7 Å². The third-order valence-electron chi connectivity index (χ3n) is 1.86. The molecule has 0 heterocycles. The highest BCUT2D eigenvalue weighted by Gasteiger charge is 2.48. The van der Waals surface area contributed by atoms with Crippen LogP contribution in [-0.2, 0) is 4.79 Å². The van der Waals surface area contributed by atoms with Gasteiger partial charge in [-0.15, -0.1) is 0 Å². The summed E-state index contributed by atoms with van der Waals surface area (Å²) in [7, 11) is 0. The van der Waals surface area contributed by atoms with Gasteiger partial charge in [-0.1, -0.05) is 18.2 Å². The Balaban J connectivity index is 3.07. The number of nitro groups is 1. The Bertz CT molecular complexity index is 310. The number of hydrogen-bond donors (Lipinski definition) is 2. The van der Waals surface area contributed by atoms with E-state index in [0.29, 0.717) is 0 Å². The van der Waals surface area contributed by atoms with Crippen LogP contribution in [0, 0.1) is 16.0 Å². The van der Waals surface area contributed by atoms with Crippen molar-refractivity contribution in [3.05, 3.63) is 34.4 Å². The lowest BCUT2D eigenvalue weighted by atomic mass is 9.90. The van der Waals surface area contributed by atoms with Crippen LogP contribution in [0.25, 0.3) is 0 Å². The van der Waals surface area contributed by atoms with Gasteiger partial charge in [-0.25, -0.2) is 0 Å². The number of carbonyl (C=O) groups is 1. The zero-order chi connectivity index (χ0) is 10.1. The summed E-state index contributed by atoms with van der Waals surface area (Å²) in [5, 5.41) is 19.2. The second kappa shape index (κ2) is 2.98. The molecule has 0 saturated heterocycles. The van der Waals surface area contributed by atoms with Crippen LogP contribution >= 0.6 is 0 Å². The van der Waals surface area contributed by atoms with Gasteiger partial charge in [0.2, 0.25) is 0 Å². The minimum Gasteiger partial charge on any atom is -0.481 e. The van der Waals surface area contributed by atoms with Crippen molar-refractivity contribution in [2.45, 2.75) is 5.66 Å². The van der Waals surface area contributed by atoms with Gasteiger partial charge in [0.15, 0.2) is 5.92 Å². The molecule has 0 bridgehead atoms. The predicted octanol–water partition coefficient (Wildman–Crippen LogP) is -0.255. The Morgan fingerprint density at radius 3 is 2.62 bits per heavy atom. The van der Waals surface area contributed by atoms with Crippen LogP contribution in [0.3, 0.4) is 0 Å². The molecule has 0 aromatic rings. The van der Waals surface area contributed by atoms with Crippen molar-refractivity contribution < 1.29 is 14.8 Å². The molecule has 6 nitrogen and oxygen atoms in total. The van der Waals surface area contributed by atoms with Crippen LogP contribution in [0.2, 0.25) is 0 Å². The Labute approximate surface area is 73.5 Å². The van der Waals surface area contributed by atoms with Gasteiger partial charge in [-0.2, -0.15) is 0 Å². The molecule has 6 heteroatoms. The van der Waals surface area contributed by atoms with E-state index in [1.807, 2.05) is 0 Å². The lowest BCUT2D eigenvalue weighted by Crippen LogP contribution is -2.55. The van der Waals surface area contributed by atoms with Gasteiger partial charge in [-0.05, 0) is 0 Å². The summed E-state index contributed by atoms with van der Waals surface area (Å²) in [6.45, 7) is 0. The first-order chi connectivity index (χ1) is 5.98. The predicted molar refractivity (Wildman–Crippen MR) is 43.3 cm³/mol. The number of hydrogen-bond acceptors (Lipinski definition) is 4. The first-order valence-corrected chi connectivity index (χ1v) is 3.50. The van der Waals surface area contributed by atoms with Gasteiger partial charge in [0, 0.05) is 11.0 Å². The van der Waals surface area contributed by atoms with Crippen molar-refractivity contribution >= 4 is 5.97 Å². The molecule has 2 atom stereocenters. The lowest BCUT2D eigenvalue weighted by molar-refractivity contribution is -0.559. The van der Waals surface area contributed by atoms with Crippen LogP contribution in [0.5, 0.6) is 0 Å². The summed E-state index contributed by atoms with van der Waals surface area (Å²) in [5.41, 5.74) is 3.30. The van der Waals surface area contributed by atoms with Gasteiger partial charge in [0.1, 0.15) is 0 Å². The van der Waals surface area contributed by atoms with E-state index >= 15 is 0 Å². The van der Waals surface area contributed by atoms with Crippen molar-refractivity contribution in [3.63, 3.8) is 0 Å². The Morgan fingerprint density at radius 1 is 1.62 bits per heavy atom. The molecule has 0 spiro atoms. The fourth-order valence-corrected chi connectivity index (χ4v) is 1.10. The van der Waals surface area contributed by atoms with Crippen molar-refractivity contribution in [3.8, 4) is 0 Å². The summed E-state index contributed by atoms with van der Waals surface area (Å²) in [6, 6.07) is 0. The fraction of sp³-hybridized carbons (Fsp3) is 0.286. The number of allylic oxidation sites excluding steroid dienone is 2. The molecule has 1 aliphatic rings. The number of nitrogens with zero attached hydrogens (tertiary/aromatic N) is 1. The SMILES string of the molecule is NC1([N+](=O)[O-])C=CC=CC1C(=O)O. The Kier molecular flexibility index (Phi) is 2.16. The molecule has 0 radical (unpaired) electrons. The minimum atomic E-state index is -2.03. The van der Waals surface area contributed by atoms with E-state index in [1.54, 1.807) is 0 Å². The van der Waals surface area contributed by atoms with E-state index in [9.17, 15) is 14.9 Å². The maximum atomic E-state index is 10.6.